The lowest BCUT2D eigenvalue weighted by Gasteiger charge is -2.06. The molecule has 0 aromatic heterocycles. The van der Waals surface area contributed by atoms with Crippen LogP contribution in [0.3, 0.4) is 0 Å². The molecule has 0 bridgehead atoms. The van der Waals surface area contributed by atoms with Crippen molar-refractivity contribution in [1.29, 1.82) is 0 Å². The van der Waals surface area contributed by atoms with Crippen LogP contribution >= 0.6 is 0 Å². The lowest BCUT2D eigenvalue weighted by Crippen LogP contribution is -2.14. The molecule has 0 saturated carbocycles. The van der Waals surface area contributed by atoms with Crippen molar-refractivity contribution in [2.75, 3.05) is 6.61 Å². The number of ether oxygens (including phenoxy) is 1. The molecule has 0 aliphatic carbocycles. The lowest BCUT2D eigenvalue weighted by atomic mass is 9.95. The normalized spacial score (nSPS) is 27.5. The van der Waals surface area contributed by atoms with Crippen LogP contribution in [0.1, 0.15) is 33.1 Å². The first-order chi connectivity index (χ1) is 6.13. The van der Waals surface area contributed by atoms with Crippen molar-refractivity contribution >= 4 is 5.78 Å². The number of ketones is 1. The molecule has 2 unspecified atom stereocenters. The summed E-state index contributed by atoms with van der Waals surface area (Å²) in [6.45, 7) is 8.50. The Hall–Kier alpha value is -0.630. The quantitative estimate of drug-likeness (QED) is 0.624. The van der Waals surface area contributed by atoms with Gasteiger partial charge in [0, 0.05) is 12.3 Å². The Morgan fingerprint density at radius 1 is 1.62 bits per heavy atom. The smallest absolute Gasteiger partial charge is 0.142 e. The Balaban J connectivity index is 2.36. The van der Waals surface area contributed by atoms with E-state index in [2.05, 4.69) is 6.58 Å². The third-order valence-electron chi connectivity index (χ3n) is 2.58. The molecular weight excluding hydrogens is 164 g/mol. The van der Waals surface area contributed by atoms with Crippen LogP contribution in [-0.4, -0.2) is 18.5 Å². The average molecular weight is 182 g/mol. The van der Waals surface area contributed by atoms with Gasteiger partial charge in [-0.15, -0.1) is 0 Å². The SMILES string of the molecule is C=C(CC)CC(=O)C1COC(C)C1. The fraction of sp³-hybridized carbons (Fsp3) is 0.727. The Kier molecular flexibility index (Phi) is 3.67. The Bertz CT molecular complexity index is 208. The summed E-state index contributed by atoms with van der Waals surface area (Å²) >= 11 is 0. The van der Waals surface area contributed by atoms with E-state index in [4.69, 9.17) is 4.74 Å². The van der Waals surface area contributed by atoms with Gasteiger partial charge < -0.3 is 4.74 Å². The molecule has 1 heterocycles. The number of carbonyl (C=O) groups excluding carboxylic acids is 1. The summed E-state index contributed by atoms with van der Waals surface area (Å²) in [5.74, 6) is 0.425. The van der Waals surface area contributed by atoms with Gasteiger partial charge in [-0.2, -0.15) is 0 Å². The molecule has 1 rings (SSSR count). The molecule has 0 spiro atoms. The monoisotopic (exact) mass is 182 g/mol. The molecule has 1 aliphatic heterocycles. The van der Waals surface area contributed by atoms with Crippen LogP contribution in [0, 0.1) is 5.92 Å². The average Bonchev–Trinajstić information content (AvgIpc) is 2.51. The van der Waals surface area contributed by atoms with Crippen molar-refractivity contribution in [2.24, 2.45) is 5.92 Å². The second kappa shape index (κ2) is 4.56. The minimum atomic E-state index is 0.123. The molecule has 0 aromatic rings. The van der Waals surface area contributed by atoms with Crippen LogP contribution in [0.4, 0.5) is 0 Å². The second-order valence-electron chi connectivity index (χ2n) is 3.82. The maximum absolute atomic E-state index is 11.6. The minimum Gasteiger partial charge on any atom is -0.378 e. The second-order valence-corrected chi connectivity index (χ2v) is 3.82. The highest BCUT2D eigenvalue weighted by Gasteiger charge is 2.27. The van der Waals surface area contributed by atoms with Gasteiger partial charge in [-0.3, -0.25) is 4.79 Å². The maximum Gasteiger partial charge on any atom is 0.142 e. The molecule has 0 radical (unpaired) electrons. The van der Waals surface area contributed by atoms with E-state index >= 15 is 0 Å². The van der Waals surface area contributed by atoms with Gasteiger partial charge in [-0.05, 0) is 19.8 Å². The zero-order valence-electron chi connectivity index (χ0n) is 8.51. The first-order valence-corrected chi connectivity index (χ1v) is 4.94. The van der Waals surface area contributed by atoms with Crippen molar-refractivity contribution in [1.82, 2.24) is 0 Å². The molecule has 1 saturated heterocycles. The zero-order chi connectivity index (χ0) is 9.84. The van der Waals surface area contributed by atoms with E-state index in [0.29, 0.717) is 18.8 Å². The van der Waals surface area contributed by atoms with Crippen LogP contribution < -0.4 is 0 Å². The van der Waals surface area contributed by atoms with E-state index in [0.717, 1.165) is 18.4 Å². The van der Waals surface area contributed by atoms with E-state index < -0.39 is 0 Å². The van der Waals surface area contributed by atoms with Crippen molar-refractivity contribution in [3.05, 3.63) is 12.2 Å². The molecule has 0 aromatic carbocycles. The number of rotatable bonds is 4. The molecule has 1 aliphatic rings. The lowest BCUT2D eigenvalue weighted by molar-refractivity contribution is -0.122. The first-order valence-electron chi connectivity index (χ1n) is 4.94. The summed E-state index contributed by atoms with van der Waals surface area (Å²) in [5, 5.41) is 0. The first kappa shape index (κ1) is 10.5. The van der Waals surface area contributed by atoms with Crippen LogP contribution in [0.25, 0.3) is 0 Å². The number of carbonyl (C=O) groups is 1. The third kappa shape index (κ3) is 2.96. The van der Waals surface area contributed by atoms with E-state index in [-0.39, 0.29) is 12.0 Å². The summed E-state index contributed by atoms with van der Waals surface area (Å²) in [5.41, 5.74) is 1.03. The predicted octanol–water partition coefficient (Wildman–Crippen LogP) is 2.34. The third-order valence-corrected chi connectivity index (χ3v) is 2.58. The number of hydrogen-bond donors (Lipinski definition) is 0. The van der Waals surface area contributed by atoms with Crippen LogP contribution in [0.5, 0.6) is 0 Å². The van der Waals surface area contributed by atoms with Crippen LogP contribution in [0.15, 0.2) is 12.2 Å². The predicted molar refractivity (Wildman–Crippen MR) is 52.6 cm³/mol. The van der Waals surface area contributed by atoms with E-state index in [1.54, 1.807) is 0 Å². The Labute approximate surface area is 80.0 Å². The fourth-order valence-corrected chi connectivity index (χ4v) is 1.56. The summed E-state index contributed by atoms with van der Waals surface area (Å²) in [7, 11) is 0. The van der Waals surface area contributed by atoms with Gasteiger partial charge in [0.2, 0.25) is 0 Å². The van der Waals surface area contributed by atoms with Gasteiger partial charge in [-0.25, -0.2) is 0 Å². The van der Waals surface area contributed by atoms with E-state index in [1.807, 2.05) is 13.8 Å². The molecule has 2 heteroatoms. The van der Waals surface area contributed by atoms with E-state index in [9.17, 15) is 4.79 Å². The fourth-order valence-electron chi connectivity index (χ4n) is 1.56. The maximum atomic E-state index is 11.6. The van der Waals surface area contributed by atoms with Gasteiger partial charge in [0.1, 0.15) is 5.78 Å². The molecule has 2 nitrogen and oxygen atoms in total. The summed E-state index contributed by atoms with van der Waals surface area (Å²) in [6, 6.07) is 0. The summed E-state index contributed by atoms with van der Waals surface area (Å²) in [6.07, 6.45) is 2.57. The number of hydrogen-bond acceptors (Lipinski definition) is 2. The highest BCUT2D eigenvalue weighted by atomic mass is 16.5. The van der Waals surface area contributed by atoms with Crippen molar-refractivity contribution in [3.63, 3.8) is 0 Å². The molecule has 1 fully saturated rings. The topological polar surface area (TPSA) is 26.3 Å². The molecule has 13 heavy (non-hydrogen) atoms. The molecule has 2 atom stereocenters. The van der Waals surface area contributed by atoms with Crippen molar-refractivity contribution < 1.29 is 9.53 Å². The standard InChI is InChI=1S/C11H18O2/c1-4-8(2)5-11(12)10-6-9(3)13-7-10/h9-10H,2,4-7H2,1,3H3. The largest absolute Gasteiger partial charge is 0.378 e. The van der Waals surface area contributed by atoms with Crippen molar-refractivity contribution in [3.8, 4) is 0 Å². The van der Waals surface area contributed by atoms with Gasteiger partial charge in [0.15, 0.2) is 0 Å². The number of allylic oxidation sites excluding steroid dienone is 1. The molecular formula is C11H18O2. The number of Topliss-reactive ketones (excluding diaryl/α,β-unsaturated/α-hetero) is 1. The van der Waals surface area contributed by atoms with Gasteiger partial charge in [0.05, 0.1) is 12.7 Å². The zero-order valence-corrected chi connectivity index (χ0v) is 8.51. The van der Waals surface area contributed by atoms with Gasteiger partial charge in [-0.1, -0.05) is 19.1 Å². The summed E-state index contributed by atoms with van der Waals surface area (Å²) in [4.78, 5) is 11.6. The highest BCUT2D eigenvalue weighted by Crippen LogP contribution is 2.22. The highest BCUT2D eigenvalue weighted by molar-refractivity contribution is 5.83. The van der Waals surface area contributed by atoms with Crippen LogP contribution in [0.2, 0.25) is 0 Å². The van der Waals surface area contributed by atoms with Gasteiger partial charge >= 0.3 is 0 Å². The van der Waals surface area contributed by atoms with Crippen LogP contribution in [-0.2, 0) is 9.53 Å². The summed E-state index contributed by atoms with van der Waals surface area (Å²) < 4.78 is 5.35. The van der Waals surface area contributed by atoms with E-state index in [1.165, 1.54) is 0 Å². The van der Waals surface area contributed by atoms with Gasteiger partial charge in [0.25, 0.3) is 0 Å². The minimum absolute atomic E-state index is 0.123. The molecule has 0 amide bonds. The molecule has 0 N–H and O–H groups in total. The Morgan fingerprint density at radius 3 is 2.77 bits per heavy atom. The van der Waals surface area contributed by atoms with Crippen molar-refractivity contribution in [2.45, 2.75) is 39.2 Å². The Morgan fingerprint density at radius 2 is 2.31 bits per heavy atom. The molecule has 74 valence electrons.